The zero-order valence-electron chi connectivity index (χ0n) is 7.65. The van der Waals surface area contributed by atoms with Gasteiger partial charge in [0, 0.05) is 11.3 Å². The molecule has 0 unspecified atom stereocenters. The summed E-state index contributed by atoms with van der Waals surface area (Å²) in [6, 6.07) is 0. The second-order valence-electron chi connectivity index (χ2n) is 3.40. The molecule has 14 heavy (non-hydrogen) atoms. The van der Waals surface area contributed by atoms with Crippen LogP contribution < -0.4 is 0 Å². The lowest BCUT2D eigenvalue weighted by Gasteiger charge is -2.10. The first-order valence-corrected chi connectivity index (χ1v) is 4.42. The summed E-state index contributed by atoms with van der Waals surface area (Å²) in [4.78, 5) is 7.50. The van der Waals surface area contributed by atoms with Crippen LogP contribution in [0.4, 0.5) is 13.2 Å². The molecule has 0 saturated heterocycles. The van der Waals surface area contributed by atoms with Crippen molar-refractivity contribution >= 4 is 0 Å². The predicted octanol–water partition coefficient (Wildman–Crippen LogP) is 2.29. The van der Waals surface area contributed by atoms with Crippen LogP contribution in [-0.2, 0) is 19.0 Å². The van der Waals surface area contributed by atoms with E-state index in [0.717, 1.165) is 6.42 Å². The summed E-state index contributed by atoms with van der Waals surface area (Å²) in [5, 5.41) is 0. The molecule has 0 amide bonds. The van der Waals surface area contributed by atoms with E-state index < -0.39 is 11.9 Å². The number of alkyl halides is 3. The molecule has 1 aliphatic carbocycles. The summed E-state index contributed by atoms with van der Waals surface area (Å²) in [5.41, 5.74) is 0.130. The molecule has 0 aromatic carbocycles. The number of fused-ring (bicyclic) bond motifs is 1. The van der Waals surface area contributed by atoms with Gasteiger partial charge in [-0.3, -0.25) is 0 Å². The van der Waals surface area contributed by atoms with Gasteiger partial charge in [-0.2, -0.15) is 13.2 Å². The van der Waals surface area contributed by atoms with Gasteiger partial charge >= 0.3 is 6.18 Å². The van der Waals surface area contributed by atoms with Crippen LogP contribution in [0, 0.1) is 6.92 Å². The molecule has 0 aliphatic heterocycles. The zero-order chi connectivity index (χ0) is 10.3. The molecule has 0 bridgehead atoms. The maximum atomic E-state index is 12.5. The van der Waals surface area contributed by atoms with Gasteiger partial charge in [0.1, 0.15) is 5.82 Å². The molecular weight excluding hydrogens is 193 g/mol. The van der Waals surface area contributed by atoms with Gasteiger partial charge in [-0.1, -0.05) is 0 Å². The molecule has 0 saturated carbocycles. The lowest BCUT2D eigenvalue weighted by molar-refractivity contribution is -0.142. The lowest BCUT2D eigenvalue weighted by Crippen LogP contribution is -2.14. The summed E-state index contributed by atoms with van der Waals surface area (Å²) in [7, 11) is 0. The number of hydrogen-bond acceptors (Lipinski definition) is 2. The van der Waals surface area contributed by atoms with Crippen molar-refractivity contribution in [2.45, 2.75) is 32.4 Å². The van der Waals surface area contributed by atoms with Crippen LogP contribution >= 0.6 is 0 Å². The Hall–Kier alpha value is -1.13. The molecule has 0 N–H and O–H groups in total. The molecular formula is C9H9F3N2. The number of aryl methyl sites for hydroxylation is 2. The van der Waals surface area contributed by atoms with Crippen LogP contribution in [0.1, 0.15) is 29.2 Å². The summed E-state index contributed by atoms with van der Waals surface area (Å²) in [6.45, 7) is 1.49. The molecule has 1 aliphatic rings. The van der Waals surface area contributed by atoms with Crippen LogP contribution in [-0.4, -0.2) is 9.97 Å². The van der Waals surface area contributed by atoms with Crippen LogP contribution in [0.5, 0.6) is 0 Å². The Labute approximate surface area is 79.2 Å². The molecule has 1 aromatic heterocycles. The second kappa shape index (κ2) is 2.93. The van der Waals surface area contributed by atoms with E-state index in [4.69, 9.17) is 0 Å². The summed E-state index contributed by atoms with van der Waals surface area (Å²) in [5.74, 6) is 0.206. The van der Waals surface area contributed by atoms with Crippen LogP contribution in [0.25, 0.3) is 0 Å². The quantitative estimate of drug-likeness (QED) is 0.645. The van der Waals surface area contributed by atoms with Crippen LogP contribution in [0.2, 0.25) is 0 Å². The van der Waals surface area contributed by atoms with E-state index in [1.807, 2.05) is 0 Å². The average Bonchev–Trinajstić information content (AvgIpc) is 2.47. The Kier molecular flexibility index (Phi) is 1.97. The highest BCUT2D eigenvalue weighted by Gasteiger charge is 2.37. The molecule has 2 nitrogen and oxygen atoms in total. The molecule has 0 atom stereocenters. The fourth-order valence-corrected chi connectivity index (χ4v) is 1.79. The molecule has 0 spiro atoms. The molecule has 76 valence electrons. The van der Waals surface area contributed by atoms with Gasteiger partial charge in [0.15, 0.2) is 5.69 Å². The Balaban J connectivity index is 2.60. The van der Waals surface area contributed by atoms with Gasteiger partial charge in [0.05, 0.1) is 0 Å². The first-order valence-electron chi connectivity index (χ1n) is 4.42. The second-order valence-corrected chi connectivity index (χ2v) is 3.40. The van der Waals surface area contributed by atoms with Crippen LogP contribution in [0.15, 0.2) is 0 Å². The number of hydrogen-bond donors (Lipinski definition) is 0. The van der Waals surface area contributed by atoms with E-state index in [0.29, 0.717) is 24.1 Å². The third-order valence-electron chi connectivity index (χ3n) is 2.31. The SMILES string of the molecule is Cc1nc2c(c(C(F)(F)F)n1)CCC2. The highest BCUT2D eigenvalue weighted by atomic mass is 19.4. The van der Waals surface area contributed by atoms with Crippen molar-refractivity contribution in [1.82, 2.24) is 9.97 Å². The van der Waals surface area contributed by atoms with E-state index in [1.54, 1.807) is 0 Å². The van der Waals surface area contributed by atoms with Crippen molar-refractivity contribution < 1.29 is 13.2 Å². The minimum absolute atomic E-state index is 0.206. The van der Waals surface area contributed by atoms with E-state index in [9.17, 15) is 13.2 Å². The first kappa shape index (κ1) is 9.43. The minimum Gasteiger partial charge on any atom is -0.238 e. The van der Waals surface area contributed by atoms with Crippen molar-refractivity contribution in [1.29, 1.82) is 0 Å². The minimum atomic E-state index is -4.35. The number of nitrogens with zero attached hydrogens (tertiary/aromatic N) is 2. The fourth-order valence-electron chi connectivity index (χ4n) is 1.79. The monoisotopic (exact) mass is 202 g/mol. The third-order valence-corrected chi connectivity index (χ3v) is 2.31. The largest absolute Gasteiger partial charge is 0.433 e. The van der Waals surface area contributed by atoms with E-state index in [2.05, 4.69) is 9.97 Å². The normalized spacial score (nSPS) is 15.7. The molecule has 2 rings (SSSR count). The summed E-state index contributed by atoms with van der Waals surface area (Å²) in [6.07, 6.45) is -2.51. The Morgan fingerprint density at radius 3 is 2.50 bits per heavy atom. The van der Waals surface area contributed by atoms with E-state index in [1.165, 1.54) is 6.92 Å². The van der Waals surface area contributed by atoms with Crippen molar-refractivity contribution in [3.05, 3.63) is 22.8 Å². The fraction of sp³-hybridized carbons (Fsp3) is 0.556. The standard InChI is InChI=1S/C9H9F3N2/c1-5-13-7-4-2-3-6(7)8(14-5)9(10,11)12/h2-4H2,1H3. The molecule has 5 heteroatoms. The number of rotatable bonds is 0. The van der Waals surface area contributed by atoms with Crippen molar-refractivity contribution in [2.75, 3.05) is 0 Å². The molecule has 1 heterocycles. The zero-order valence-corrected chi connectivity index (χ0v) is 7.65. The van der Waals surface area contributed by atoms with Crippen molar-refractivity contribution in [3.63, 3.8) is 0 Å². The lowest BCUT2D eigenvalue weighted by atomic mass is 10.1. The van der Waals surface area contributed by atoms with Gasteiger partial charge in [0.2, 0.25) is 0 Å². The highest BCUT2D eigenvalue weighted by Crippen LogP contribution is 2.34. The van der Waals surface area contributed by atoms with E-state index >= 15 is 0 Å². The van der Waals surface area contributed by atoms with Crippen LogP contribution in [0.3, 0.4) is 0 Å². The van der Waals surface area contributed by atoms with Gasteiger partial charge in [-0.15, -0.1) is 0 Å². The third kappa shape index (κ3) is 1.47. The smallest absolute Gasteiger partial charge is 0.238 e. The van der Waals surface area contributed by atoms with Crippen molar-refractivity contribution in [2.24, 2.45) is 0 Å². The first-order chi connectivity index (χ1) is 6.48. The van der Waals surface area contributed by atoms with E-state index in [-0.39, 0.29) is 5.82 Å². The Morgan fingerprint density at radius 1 is 1.14 bits per heavy atom. The average molecular weight is 202 g/mol. The maximum absolute atomic E-state index is 12.5. The molecule has 0 fully saturated rings. The highest BCUT2D eigenvalue weighted by molar-refractivity contribution is 5.31. The summed E-state index contributed by atoms with van der Waals surface area (Å²) < 4.78 is 37.6. The van der Waals surface area contributed by atoms with Gasteiger partial charge in [0.25, 0.3) is 0 Å². The number of aromatic nitrogens is 2. The predicted molar refractivity (Wildman–Crippen MR) is 43.8 cm³/mol. The van der Waals surface area contributed by atoms with Crippen molar-refractivity contribution in [3.8, 4) is 0 Å². The topological polar surface area (TPSA) is 25.8 Å². The number of halogens is 3. The molecule has 0 radical (unpaired) electrons. The Bertz CT molecular complexity index is 371. The molecule has 1 aromatic rings. The van der Waals surface area contributed by atoms with Gasteiger partial charge in [-0.05, 0) is 26.2 Å². The Morgan fingerprint density at radius 2 is 1.86 bits per heavy atom. The van der Waals surface area contributed by atoms with Gasteiger partial charge in [-0.25, -0.2) is 9.97 Å². The van der Waals surface area contributed by atoms with Gasteiger partial charge < -0.3 is 0 Å². The maximum Gasteiger partial charge on any atom is 0.433 e. The summed E-state index contributed by atoms with van der Waals surface area (Å²) >= 11 is 0.